The number of carbonyl (C=O) groups excluding carboxylic acids is 3. The maximum Gasteiger partial charge on any atom is 0.333 e. The van der Waals surface area contributed by atoms with Gasteiger partial charge in [0.05, 0.1) is 29.2 Å². The molecular weight excluding hydrogens is 373 g/mol. The van der Waals surface area contributed by atoms with Crippen LogP contribution in [0.1, 0.15) is 13.8 Å². The van der Waals surface area contributed by atoms with Gasteiger partial charge in [0.1, 0.15) is 6.04 Å². The van der Waals surface area contributed by atoms with Gasteiger partial charge in [-0.3, -0.25) is 14.5 Å². The van der Waals surface area contributed by atoms with Gasteiger partial charge in [0.2, 0.25) is 11.8 Å². The molecule has 26 heavy (non-hydrogen) atoms. The van der Waals surface area contributed by atoms with Crippen LogP contribution >= 0.6 is 11.8 Å². The number of nitrogens with one attached hydrogen (secondary N) is 1. The monoisotopic (exact) mass is 388 g/mol. The van der Waals surface area contributed by atoms with E-state index in [1.54, 1.807) is 6.92 Å². The molecule has 1 N–H and O–H groups in total. The molecule has 1 atom stereocenters. The fourth-order valence-electron chi connectivity index (χ4n) is 2.18. The molecule has 0 radical (unpaired) electrons. The highest BCUT2D eigenvalue weighted by molar-refractivity contribution is 8.04. The molecule has 0 aromatic heterocycles. The molecule has 1 fully saturated rings. The van der Waals surface area contributed by atoms with E-state index in [-0.39, 0.29) is 17.4 Å². The largest absolute Gasteiger partial charge is 0.463 e. The lowest BCUT2D eigenvalue weighted by Gasteiger charge is -2.24. The van der Waals surface area contributed by atoms with Crippen molar-refractivity contribution in [1.29, 1.82) is 0 Å². The summed E-state index contributed by atoms with van der Waals surface area (Å²) in [6.45, 7) is 3.12. The van der Waals surface area contributed by atoms with Crippen molar-refractivity contribution in [3.63, 3.8) is 0 Å². The maximum atomic E-state index is 13.7. The van der Waals surface area contributed by atoms with E-state index < -0.39 is 47.0 Å². The molecule has 2 rings (SSSR count). The second-order valence-electron chi connectivity index (χ2n) is 5.18. The first-order chi connectivity index (χ1) is 12.3. The summed E-state index contributed by atoms with van der Waals surface area (Å²) >= 11 is 1.05. The van der Waals surface area contributed by atoms with Crippen molar-refractivity contribution in [3.8, 4) is 0 Å². The number of rotatable bonds is 5. The van der Waals surface area contributed by atoms with Gasteiger partial charge in [0, 0.05) is 0 Å². The van der Waals surface area contributed by atoms with Crippen molar-refractivity contribution in [2.24, 2.45) is 0 Å². The van der Waals surface area contributed by atoms with Crippen molar-refractivity contribution in [2.45, 2.75) is 19.9 Å². The number of amides is 2. The number of anilines is 1. The quantitative estimate of drug-likeness (QED) is 0.476. The molecule has 0 unspecified atom stereocenters. The smallest absolute Gasteiger partial charge is 0.333 e. The lowest BCUT2D eigenvalue weighted by atomic mass is 10.2. The van der Waals surface area contributed by atoms with Crippen LogP contribution in [0.25, 0.3) is 0 Å². The number of hydrogen-bond donors (Lipinski definition) is 1. The Balaban J connectivity index is 2.19. The van der Waals surface area contributed by atoms with E-state index in [1.165, 1.54) is 6.92 Å². The van der Waals surface area contributed by atoms with E-state index >= 15 is 0 Å². The minimum Gasteiger partial charge on any atom is -0.463 e. The zero-order chi connectivity index (χ0) is 19.4. The van der Waals surface area contributed by atoms with Crippen LogP contribution in [-0.2, 0) is 19.1 Å². The summed E-state index contributed by atoms with van der Waals surface area (Å²) in [6.07, 6.45) is 1.08. The number of hydrogen-bond acceptors (Lipinski definition) is 5. The van der Waals surface area contributed by atoms with Crippen molar-refractivity contribution in [1.82, 2.24) is 4.90 Å². The van der Waals surface area contributed by atoms with E-state index in [1.807, 2.05) is 0 Å². The fourth-order valence-corrected chi connectivity index (χ4v) is 3.17. The van der Waals surface area contributed by atoms with Gasteiger partial charge in [-0.05, 0) is 26.0 Å². The van der Waals surface area contributed by atoms with Crippen LogP contribution in [0, 0.1) is 17.5 Å². The average molecular weight is 388 g/mol. The summed E-state index contributed by atoms with van der Waals surface area (Å²) in [4.78, 5) is 37.0. The van der Waals surface area contributed by atoms with E-state index in [9.17, 15) is 27.6 Å². The molecule has 2 amide bonds. The molecule has 10 heteroatoms. The number of carbonyl (C=O) groups is 3. The Hall–Kier alpha value is -2.49. The highest BCUT2D eigenvalue weighted by atomic mass is 32.2. The minimum atomic E-state index is -1.72. The molecule has 1 aliphatic rings. The first kappa shape index (κ1) is 19.8. The number of ether oxygens (including phenoxy) is 1. The zero-order valence-electron chi connectivity index (χ0n) is 13.8. The second kappa shape index (κ2) is 8.26. The summed E-state index contributed by atoms with van der Waals surface area (Å²) in [6, 6.07) is 0.418. The van der Waals surface area contributed by atoms with Crippen molar-refractivity contribution >= 4 is 35.2 Å². The number of halogens is 3. The third-order valence-corrected chi connectivity index (χ3v) is 4.44. The Morgan fingerprint density at radius 1 is 1.35 bits per heavy atom. The molecule has 0 bridgehead atoms. The van der Waals surface area contributed by atoms with Crippen molar-refractivity contribution in [3.05, 3.63) is 40.7 Å². The van der Waals surface area contributed by atoms with E-state index in [0.717, 1.165) is 28.8 Å². The summed E-state index contributed by atoms with van der Waals surface area (Å²) < 4.78 is 44.7. The number of esters is 1. The Labute approximate surface area is 151 Å². The lowest BCUT2D eigenvalue weighted by Crippen LogP contribution is -2.42. The molecule has 1 aromatic carbocycles. The van der Waals surface area contributed by atoms with Crippen molar-refractivity contribution < 1.29 is 32.3 Å². The number of thioether (sulfide) groups is 1. The number of nitrogens with zero attached hydrogens (tertiary/aromatic N) is 1. The third-order valence-electron chi connectivity index (χ3n) is 3.44. The topological polar surface area (TPSA) is 75.7 Å². The van der Waals surface area contributed by atoms with Crippen molar-refractivity contribution in [2.75, 3.05) is 17.7 Å². The lowest BCUT2D eigenvalue weighted by molar-refractivity contribution is -0.137. The Bertz CT molecular complexity index is 785. The van der Waals surface area contributed by atoms with Crippen LogP contribution < -0.4 is 5.32 Å². The highest BCUT2D eigenvalue weighted by Crippen LogP contribution is 2.31. The molecule has 0 spiro atoms. The fraction of sp³-hybridized carbons (Fsp3) is 0.312. The third kappa shape index (κ3) is 4.18. The van der Waals surface area contributed by atoms with E-state index in [4.69, 9.17) is 4.74 Å². The predicted molar refractivity (Wildman–Crippen MR) is 88.4 cm³/mol. The van der Waals surface area contributed by atoms with Gasteiger partial charge in [0.15, 0.2) is 17.5 Å². The molecule has 6 nitrogen and oxygen atoms in total. The zero-order valence-corrected chi connectivity index (χ0v) is 14.7. The van der Waals surface area contributed by atoms with Gasteiger partial charge in [-0.1, -0.05) is 11.8 Å². The Morgan fingerprint density at radius 2 is 2.04 bits per heavy atom. The molecular formula is C16H15F3N2O4S. The normalized spacial score (nSPS) is 16.7. The Kier molecular flexibility index (Phi) is 6.30. The standard InChI is InChI=1S/C16H15F3N2O4S/c1-3-25-13(23)6-12-21(11(22)7-26-12)8(2)16(24)20-10-5-4-9(17)14(18)15(10)19/h4-6,8H,3,7H2,1-2H3,(H,20,24)/b12-6-/t8-/m1/s1. The van der Waals surface area contributed by atoms with Gasteiger partial charge >= 0.3 is 5.97 Å². The van der Waals surface area contributed by atoms with Crippen LogP contribution in [0.2, 0.25) is 0 Å². The maximum absolute atomic E-state index is 13.7. The van der Waals surface area contributed by atoms with Gasteiger partial charge in [-0.25, -0.2) is 18.0 Å². The van der Waals surface area contributed by atoms with Crippen LogP contribution in [0.4, 0.5) is 18.9 Å². The minimum absolute atomic E-state index is 0.0163. The molecule has 1 aromatic rings. The molecule has 0 saturated carbocycles. The molecule has 1 heterocycles. The summed E-state index contributed by atoms with van der Waals surface area (Å²) in [5.74, 6) is -6.57. The van der Waals surface area contributed by atoms with Gasteiger partial charge in [-0.2, -0.15) is 0 Å². The van der Waals surface area contributed by atoms with Gasteiger partial charge < -0.3 is 10.1 Å². The second-order valence-corrected chi connectivity index (χ2v) is 6.17. The Morgan fingerprint density at radius 3 is 2.69 bits per heavy atom. The first-order valence-electron chi connectivity index (χ1n) is 7.54. The van der Waals surface area contributed by atoms with Crippen LogP contribution in [0.5, 0.6) is 0 Å². The molecule has 0 aliphatic carbocycles. The van der Waals surface area contributed by atoms with Gasteiger partial charge in [-0.15, -0.1) is 0 Å². The van der Waals surface area contributed by atoms with Crippen LogP contribution in [0.15, 0.2) is 23.2 Å². The number of benzene rings is 1. The average Bonchev–Trinajstić information content (AvgIpc) is 2.95. The van der Waals surface area contributed by atoms with E-state index in [2.05, 4.69) is 5.32 Å². The molecule has 1 saturated heterocycles. The SMILES string of the molecule is CCOC(=O)/C=C1\SCC(=O)N1[C@H](C)C(=O)Nc1ccc(F)c(F)c1F. The first-order valence-corrected chi connectivity index (χ1v) is 8.52. The highest BCUT2D eigenvalue weighted by Gasteiger charge is 2.35. The molecule has 1 aliphatic heterocycles. The van der Waals surface area contributed by atoms with Gasteiger partial charge in [0.25, 0.3) is 0 Å². The molecule has 140 valence electrons. The summed E-state index contributed by atoms with van der Waals surface area (Å²) in [5.41, 5.74) is -0.559. The summed E-state index contributed by atoms with van der Waals surface area (Å²) in [7, 11) is 0. The predicted octanol–water partition coefficient (Wildman–Crippen LogP) is 2.41. The van der Waals surface area contributed by atoms with Crippen LogP contribution in [0.3, 0.4) is 0 Å². The van der Waals surface area contributed by atoms with E-state index in [0.29, 0.717) is 6.07 Å². The summed E-state index contributed by atoms with van der Waals surface area (Å²) in [5, 5.41) is 2.32. The van der Waals surface area contributed by atoms with Crippen LogP contribution in [-0.4, -0.2) is 41.1 Å².